The van der Waals surface area contributed by atoms with Gasteiger partial charge in [0.25, 0.3) is 15.0 Å². The molecule has 3 radical (unpaired) electrons. The van der Waals surface area contributed by atoms with Crippen molar-refractivity contribution >= 4 is 22.6 Å². The molecule has 0 rings (SSSR count). The zero-order valence-corrected chi connectivity index (χ0v) is 3.74. The van der Waals surface area contributed by atoms with E-state index < -0.39 is 0 Å². The molecule has 0 fully saturated rings. The van der Waals surface area contributed by atoms with Crippen molar-refractivity contribution in [3.63, 3.8) is 0 Å². The standard InChI is InChI=1S/CH4B3O3/c5-2-1-3-7-4-6/h5-6H,1H2. The van der Waals surface area contributed by atoms with Gasteiger partial charge >= 0.3 is 7.69 Å². The molecule has 0 aliphatic heterocycles. The zero-order chi connectivity index (χ0) is 5.54. The molecule has 0 aromatic heterocycles. The van der Waals surface area contributed by atoms with E-state index in [9.17, 15) is 0 Å². The highest BCUT2D eigenvalue weighted by Crippen LogP contribution is 1.70. The maximum absolute atomic E-state index is 7.96. The van der Waals surface area contributed by atoms with Crippen LogP contribution in [0, 0.1) is 0 Å². The Balaban J connectivity index is 2.45. The van der Waals surface area contributed by atoms with E-state index in [0.29, 0.717) is 13.9 Å². The Kier molecular flexibility index (Phi) is 6.14. The molecule has 0 aliphatic rings. The molecule has 0 atom stereocenters. The van der Waals surface area contributed by atoms with Gasteiger partial charge in [0.05, 0.1) is 0 Å². The highest BCUT2D eigenvalue weighted by molar-refractivity contribution is 6.51. The van der Waals surface area contributed by atoms with Crippen molar-refractivity contribution in [3.8, 4) is 0 Å². The molecule has 0 unspecified atom stereocenters. The molecule has 0 amide bonds. The molecule has 0 saturated heterocycles. The van der Waals surface area contributed by atoms with Crippen LogP contribution < -0.4 is 0 Å². The fourth-order valence-electron chi connectivity index (χ4n) is 0.142. The predicted octanol–water partition coefficient (Wildman–Crippen LogP) is -1.86. The van der Waals surface area contributed by atoms with Crippen LogP contribution in [-0.2, 0) is 4.57 Å². The van der Waals surface area contributed by atoms with Crippen molar-refractivity contribution in [2.75, 3.05) is 0 Å². The maximum Gasteiger partial charge on any atom is 0.468 e. The van der Waals surface area contributed by atoms with Gasteiger partial charge in [0.15, 0.2) is 0 Å². The molecule has 0 aromatic rings. The van der Waals surface area contributed by atoms with Gasteiger partial charge in [-0.25, -0.2) is 0 Å². The summed E-state index contributed by atoms with van der Waals surface area (Å²) in [4.78, 5) is 0. The Morgan fingerprint density at radius 3 is 2.57 bits per heavy atom. The third-order valence-corrected chi connectivity index (χ3v) is 0.359. The van der Waals surface area contributed by atoms with Gasteiger partial charge in [0, 0.05) is 0 Å². The highest BCUT2D eigenvalue weighted by Gasteiger charge is 1.90. The summed E-state index contributed by atoms with van der Waals surface area (Å²) in [6.45, 7) is 0. The molecular weight excluding hydrogens is 92.4 g/mol. The first-order valence-electron chi connectivity index (χ1n) is 1.80. The van der Waals surface area contributed by atoms with Crippen LogP contribution in [0.5, 0.6) is 0 Å². The number of hydrogen-bond acceptors (Lipinski definition) is 3. The van der Waals surface area contributed by atoms with Gasteiger partial charge in [-0.2, -0.15) is 0 Å². The SMILES string of the molecule is O[B]C[B]O[B]O. The smallest absolute Gasteiger partial charge is 0.468 e. The van der Waals surface area contributed by atoms with Crippen molar-refractivity contribution in [3.05, 3.63) is 0 Å². The molecule has 7 heavy (non-hydrogen) atoms. The summed E-state index contributed by atoms with van der Waals surface area (Å²) >= 11 is 0. The zero-order valence-electron chi connectivity index (χ0n) is 3.74. The summed E-state index contributed by atoms with van der Waals surface area (Å²) in [5.41, 5.74) is 0. The normalized spacial score (nSPS) is 7.71. The molecule has 2 N–H and O–H groups in total. The first kappa shape index (κ1) is 7.07. The van der Waals surface area contributed by atoms with Crippen LogP contribution in [0.1, 0.15) is 0 Å². The molecule has 0 aromatic carbocycles. The second-order valence-electron chi connectivity index (χ2n) is 0.826. The first-order chi connectivity index (χ1) is 3.41. The van der Waals surface area contributed by atoms with Crippen LogP contribution in [0.2, 0.25) is 6.22 Å². The lowest BCUT2D eigenvalue weighted by molar-refractivity contribution is 0.470. The lowest BCUT2D eigenvalue weighted by atomic mass is 9.75. The summed E-state index contributed by atoms with van der Waals surface area (Å²) in [6, 6.07) is 0. The molecular formula is CH4B3O3. The summed E-state index contributed by atoms with van der Waals surface area (Å²) in [5.74, 6) is 0. The minimum absolute atomic E-state index is 0.317. The van der Waals surface area contributed by atoms with Gasteiger partial charge in [-0.1, -0.05) is 6.22 Å². The van der Waals surface area contributed by atoms with Crippen molar-refractivity contribution < 1.29 is 14.6 Å². The topological polar surface area (TPSA) is 49.7 Å². The van der Waals surface area contributed by atoms with E-state index in [4.69, 9.17) is 10.0 Å². The van der Waals surface area contributed by atoms with Gasteiger partial charge < -0.3 is 14.6 Å². The molecule has 0 aliphatic carbocycles. The summed E-state index contributed by atoms with van der Waals surface area (Å²) in [7, 11) is 2.72. The fourth-order valence-corrected chi connectivity index (χ4v) is 0.142. The van der Waals surface area contributed by atoms with Gasteiger partial charge in [0.1, 0.15) is 0 Å². The maximum atomic E-state index is 7.96. The Morgan fingerprint density at radius 1 is 1.43 bits per heavy atom. The largest absolute Gasteiger partial charge is 0.481 e. The monoisotopic (exact) mass is 97.0 g/mol. The lowest BCUT2D eigenvalue weighted by Crippen LogP contribution is -2.05. The van der Waals surface area contributed by atoms with E-state index in [1.807, 2.05) is 0 Å². The Bertz CT molecular complexity index is 29.4. The molecule has 0 spiro atoms. The van der Waals surface area contributed by atoms with Crippen molar-refractivity contribution in [2.45, 2.75) is 6.22 Å². The van der Waals surface area contributed by atoms with Crippen molar-refractivity contribution in [1.82, 2.24) is 0 Å². The third-order valence-electron chi connectivity index (χ3n) is 0.359. The summed E-state index contributed by atoms with van der Waals surface area (Å²) in [5, 5.41) is 15.8. The lowest BCUT2D eigenvalue weighted by Gasteiger charge is -1.88. The predicted molar refractivity (Wildman–Crippen MR) is 27.6 cm³/mol. The molecule has 0 heterocycles. The van der Waals surface area contributed by atoms with Crippen LogP contribution in [0.15, 0.2) is 0 Å². The van der Waals surface area contributed by atoms with Crippen LogP contribution in [0.4, 0.5) is 0 Å². The van der Waals surface area contributed by atoms with Crippen LogP contribution in [0.25, 0.3) is 0 Å². The average molecular weight is 96.5 g/mol. The highest BCUT2D eigenvalue weighted by atomic mass is 16.5. The van der Waals surface area contributed by atoms with Crippen molar-refractivity contribution in [2.24, 2.45) is 0 Å². The second-order valence-corrected chi connectivity index (χ2v) is 0.826. The Labute approximate surface area is 44.5 Å². The molecule has 3 nitrogen and oxygen atoms in total. The minimum atomic E-state index is 0.317. The Morgan fingerprint density at radius 2 is 2.14 bits per heavy atom. The minimum Gasteiger partial charge on any atom is -0.481 e. The average Bonchev–Trinajstić information content (AvgIpc) is 1.69. The van der Waals surface area contributed by atoms with E-state index in [1.54, 1.807) is 0 Å². The molecule has 0 bridgehead atoms. The number of rotatable bonds is 4. The van der Waals surface area contributed by atoms with E-state index in [2.05, 4.69) is 4.57 Å². The van der Waals surface area contributed by atoms with Gasteiger partial charge in [-0.3, -0.25) is 0 Å². The molecule has 6 heteroatoms. The summed E-state index contributed by atoms with van der Waals surface area (Å²) in [6.07, 6.45) is 0.317. The number of hydrogen-bond donors (Lipinski definition) is 2. The third kappa shape index (κ3) is 6.07. The molecule has 35 valence electrons. The van der Waals surface area contributed by atoms with Crippen LogP contribution in [0.3, 0.4) is 0 Å². The van der Waals surface area contributed by atoms with Crippen molar-refractivity contribution in [1.29, 1.82) is 0 Å². The van der Waals surface area contributed by atoms with Gasteiger partial charge in [-0.15, -0.1) is 0 Å². The van der Waals surface area contributed by atoms with Crippen LogP contribution in [-0.4, -0.2) is 32.7 Å². The van der Waals surface area contributed by atoms with E-state index in [0.717, 1.165) is 7.48 Å². The Hall–Kier alpha value is 0.0748. The quantitative estimate of drug-likeness (QED) is 0.319. The first-order valence-corrected chi connectivity index (χ1v) is 1.80. The fraction of sp³-hybridized carbons (Fsp3) is 1.00. The van der Waals surface area contributed by atoms with E-state index in [-0.39, 0.29) is 0 Å². The second kappa shape index (κ2) is 6.07. The molecule has 0 saturated carbocycles. The van der Waals surface area contributed by atoms with Gasteiger partial charge in [0.2, 0.25) is 0 Å². The van der Waals surface area contributed by atoms with E-state index in [1.165, 1.54) is 7.48 Å². The van der Waals surface area contributed by atoms with Crippen LogP contribution >= 0.6 is 0 Å². The summed E-state index contributed by atoms with van der Waals surface area (Å²) < 4.78 is 4.19. The van der Waals surface area contributed by atoms with E-state index >= 15 is 0 Å². The van der Waals surface area contributed by atoms with Gasteiger partial charge in [-0.05, 0) is 0 Å².